The third kappa shape index (κ3) is 23.4. The van der Waals surface area contributed by atoms with Crippen LogP contribution in [0.5, 0.6) is 0 Å². The highest BCUT2D eigenvalue weighted by Crippen LogP contribution is 1.98. The fourth-order valence-electron chi connectivity index (χ4n) is 1.53. The quantitative estimate of drug-likeness (QED) is 0.370. The van der Waals surface area contributed by atoms with Crippen molar-refractivity contribution in [3.63, 3.8) is 0 Å². The Morgan fingerprint density at radius 2 is 1.04 bits per heavy atom. The van der Waals surface area contributed by atoms with E-state index in [1.165, 1.54) is 0 Å². The lowest BCUT2D eigenvalue weighted by Crippen LogP contribution is -2.15. The molecule has 0 bridgehead atoms. The Labute approximate surface area is 155 Å². The van der Waals surface area contributed by atoms with Crippen molar-refractivity contribution in [2.75, 3.05) is 72.6 Å². The summed E-state index contributed by atoms with van der Waals surface area (Å²) in [5, 5.41) is 0. The van der Waals surface area contributed by atoms with Crippen LogP contribution >= 0.6 is 0 Å². The summed E-state index contributed by atoms with van der Waals surface area (Å²) < 4.78 is 26.5. The molecule has 154 valence electrons. The van der Waals surface area contributed by atoms with Gasteiger partial charge in [-0.3, -0.25) is 4.79 Å². The molecule has 0 rings (SSSR count). The van der Waals surface area contributed by atoms with Crippen LogP contribution in [-0.4, -0.2) is 78.4 Å². The Hall–Kier alpha value is -0.570. The first-order valence-electron chi connectivity index (χ1n) is 9.30. The van der Waals surface area contributed by atoms with Crippen molar-refractivity contribution in [1.29, 1.82) is 0 Å². The van der Waals surface area contributed by atoms with Gasteiger partial charge in [0.05, 0.1) is 66.1 Å². The van der Waals surface area contributed by atoms with Crippen LogP contribution < -0.4 is 5.73 Å². The molecule has 7 heteroatoms. The predicted octanol–water partition coefficient (Wildman–Crippen LogP) is 1.92. The molecule has 0 fully saturated rings. The van der Waals surface area contributed by atoms with Crippen molar-refractivity contribution < 1.29 is 29.9 Å². The second-order valence-corrected chi connectivity index (χ2v) is 5.22. The van der Waals surface area contributed by atoms with Gasteiger partial charge in [-0.25, -0.2) is 0 Å². The number of ether oxygens (including phenoxy) is 5. The van der Waals surface area contributed by atoms with E-state index < -0.39 is 0 Å². The van der Waals surface area contributed by atoms with Gasteiger partial charge in [-0.05, 0) is 0 Å². The lowest BCUT2D eigenvalue weighted by molar-refractivity contribution is -0.123. The van der Waals surface area contributed by atoms with Crippen LogP contribution in [0, 0.1) is 5.92 Å². The summed E-state index contributed by atoms with van der Waals surface area (Å²) in [4.78, 5) is 11.3. The molecule has 0 saturated carbocycles. The largest absolute Gasteiger partial charge is 0.379 e. The molecule has 0 aromatic heterocycles. The van der Waals surface area contributed by atoms with E-state index in [4.69, 9.17) is 29.4 Å². The van der Waals surface area contributed by atoms with Gasteiger partial charge in [0.1, 0.15) is 5.78 Å². The molecular formula is C18H41NO6. The van der Waals surface area contributed by atoms with Gasteiger partial charge in [-0.1, -0.05) is 27.7 Å². The van der Waals surface area contributed by atoms with Gasteiger partial charge in [0.15, 0.2) is 0 Å². The van der Waals surface area contributed by atoms with Gasteiger partial charge in [0, 0.05) is 20.3 Å². The van der Waals surface area contributed by atoms with E-state index in [9.17, 15) is 4.79 Å². The minimum Gasteiger partial charge on any atom is -0.379 e. The average molecular weight is 368 g/mol. The van der Waals surface area contributed by atoms with E-state index in [-0.39, 0.29) is 13.1 Å². The molecule has 0 amide bonds. The number of carbonyl (C=O) groups is 1. The fourth-order valence-corrected chi connectivity index (χ4v) is 1.53. The first-order chi connectivity index (χ1) is 12.2. The highest BCUT2D eigenvalue weighted by Gasteiger charge is 2.05. The monoisotopic (exact) mass is 367 g/mol. The van der Waals surface area contributed by atoms with Gasteiger partial charge in [0.2, 0.25) is 0 Å². The smallest absolute Gasteiger partial charge is 0.137 e. The van der Waals surface area contributed by atoms with Crippen LogP contribution in [0.1, 0.15) is 35.5 Å². The maximum atomic E-state index is 11.3. The molecule has 0 aromatic carbocycles. The van der Waals surface area contributed by atoms with Crippen molar-refractivity contribution in [3.8, 4) is 0 Å². The zero-order chi connectivity index (χ0) is 19.2. The summed E-state index contributed by atoms with van der Waals surface area (Å²) in [5.74, 6) is 0.307. The summed E-state index contributed by atoms with van der Waals surface area (Å²) in [6, 6.07) is 0. The van der Waals surface area contributed by atoms with E-state index in [0.717, 1.165) is 0 Å². The molecule has 0 aliphatic rings. The fraction of sp³-hybridized carbons (Fsp3) is 0.944. The number of ketones is 1. The Balaban J connectivity index is -0.00000170. The van der Waals surface area contributed by atoms with E-state index >= 15 is 0 Å². The lowest BCUT2D eigenvalue weighted by Gasteiger charge is -2.08. The molecule has 25 heavy (non-hydrogen) atoms. The number of hydrogen-bond acceptors (Lipinski definition) is 7. The summed E-state index contributed by atoms with van der Waals surface area (Å²) in [7, 11) is 0. The first-order valence-corrected chi connectivity index (χ1v) is 9.30. The second kappa shape index (κ2) is 23.4. The molecule has 7 nitrogen and oxygen atoms in total. The highest BCUT2D eigenvalue weighted by molar-refractivity contribution is 5.80. The minimum atomic E-state index is 0. The average Bonchev–Trinajstić information content (AvgIpc) is 2.62. The van der Waals surface area contributed by atoms with Crippen LogP contribution in [0.4, 0.5) is 0 Å². The van der Waals surface area contributed by atoms with Crippen LogP contribution in [0.2, 0.25) is 0 Å². The number of hydrogen-bond donors (Lipinski definition) is 1. The Kier molecular flexibility index (Phi) is 25.0. The molecule has 0 heterocycles. The Morgan fingerprint density at radius 3 is 1.36 bits per heavy atom. The molecule has 0 aliphatic heterocycles. The highest BCUT2D eigenvalue weighted by atomic mass is 16.6. The molecule has 0 atom stereocenters. The van der Waals surface area contributed by atoms with Gasteiger partial charge in [-0.15, -0.1) is 0 Å². The maximum Gasteiger partial charge on any atom is 0.137 e. The molecule has 0 aliphatic carbocycles. The molecule has 0 saturated heterocycles. The predicted molar refractivity (Wildman–Crippen MR) is 101 cm³/mol. The SMILES string of the molecule is CC.CC(C)C(=O)CCOCCOCCOCCOCCOCCN.[HH]. The van der Waals surface area contributed by atoms with E-state index in [1.54, 1.807) is 0 Å². The number of rotatable bonds is 18. The molecule has 0 spiro atoms. The number of carbonyl (C=O) groups excluding carboxylic acids is 1. The van der Waals surface area contributed by atoms with Gasteiger partial charge in [-0.2, -0.15) is 0 Å². The van der Waals surface area contributed by atoms with Crippen molar-refractivity contribution in [2.45, 2.75) is 34.1 Å². The first kappa shape index (κ1) is 26.7. The van der Waals surface area contributed by atoms with E-state index in [1.807, 2.05) is 27.7 Å². The van der Waals surface area contributed by atoms with Crippen molar-refractivity contribution >= 4 is 5.78 Å². The third-order valence-electron chi connectivity index (χ3n) is 2.89. The summed E-state index contributed by atoms with van der Waals surface area (Å²) in [5.41, 5.74) is 5.29. The lowest BCUT2D eigenvalue weighted by atomic mass is 10.1. The van der Waals surface area contributed by atoms with E-state index in [0.29, 0.717) is 79.0 Å². The van der Waals surface area contributed by atoms with Gasteiger partial charge >= 0.3 is 0 Å². The topological polar surface area (TPSA) is 89.2 Å². The van der Waals surface area contributed by atoms with Crippen molar-refractivity contribution in [3.05, 3.63) is 0 Å². The zero-order valence-electron chi connectivity index (χ0n) is 16.6. The van der Waals surface area contributed by atoms with Gasteiger partial charge in [0.25, 0.3) is 0 Å². The molecule has 2 N–H and O–H groups in total. The van der Waals surface area contributed by atoms with Gasteiger partial charge < -0.3 is 29.4 Å². The standard InChI is InChI=1S/C16H33NO6.C2H6.H2/c1-15(2)16(18)3-5-19-7-9-21-11-13-23-14-12-22-10-8-20-6-4-17;1-2;/h15H,3-14,17H2,1-2H3;1-2H3;1H. The number of nitrogens with two attached hydrogens (primary N) is 1. The number of Topliss-reactive ketones (excluding diaryl/α,β-unsaturated/α-hetero) is 1. The van der Waals surface area contributed by atoms with E-state index in [2.05, 4.69) is 0 Å². The molecule has 0 unspecified atom stereocenters. The Morgan fingerprint density at radius 1 is 0.720 bits per heavy atom. The van der Waals surface area contributed by atoms with Crippen molar-refractivity contribution in [2.24, 2.45) is 11.7 Å². The third-order valence-corrected chi connectivity index (χ3v) is 2.89. The zero-order valence-corrected chi connectivity index (χ0v) is 16.6. The van der Waals surface area contributed by atoms with Crippen LogP contribution in [0.15, 0.2) is 0 Å². The summed E-state index contributed by atoms with van der Waals surface area (Å²) in [6.45, 7) is 13.6. The van der Waals surface area contributed by atoms with Crippen LogP contribution in [0.3, 0.4) is 0 Å². The van der Waals surface area contributed by atoms with Crippen molar-refractivity contribution in [1.82, 2.24) is 0 Å². The molecule has 0 aromatic rings. The Bertz CT molecular complexity index is 270. The normalized spacial score (nSPS) is 10.6. The molecule has 0 radical (unpaired) electrons. The second-order valence-electron chi connectivity index (χ2n) is 5.22. The minimum absolute atomic E-state index is 0. The van der Waals surface area contributed by atoms with Crippen LogP contribution in [0.25, 0.3) is 0 Å². The summed E-state index contributed by atoms with van der Waals surface area (Å²) >= 11 is 0. The summed E-state index contributed by atoms with van der Waals surface area (Å²) in [6.07, 6.45) is 0.470. The maximum absolute atomic E-state index is 11.3. The van der Waals surface area contributed by atoms with Crippen LogP contribution in [-0.2, 0) is 28.5 Å². The molecular weight excluding hydrogens is 326 g/mol.